The van der Waals surface area contributed by atoms with Crippen LogP contribution in [0.5, 0.6) is 0 Å². The summed E-state index contributed by atoms with van der Waals surface area (Å²) in [6.07, 6.45) is 4.54. The van der Waals surface area contributed by atoms with Gasteiger partial charge in [0.1, 0.15) is 0 Å². The molecule has 19 heavy (non-hydrogen) atoms. The Bertz CT molecular complexity index is 398. The van der Waals surface area contributed by atoms with Gasteiger partial charge in [-0.1, -0.05) is 31.0 Å². The fraction of sp³-hybridized carbons (Fsp3) is 0.562. The van der Waals surface area contributed by atoms with Gasteiger partial charge < -0.3 is 10.2 Å². The zero-order chi connectivity index (χ0) is 13.7. The highest BCUT2D eigenvalue weighted by Crippen LogP contribution is 2.24. The van der Waals surface area contributed by atoms with E-state index in [-0.39, 0.29) is 11.8 Å². The number of anilines is 1. The van der Waals surface area contributed by atoms with Crippen LogP contribution in [0.1, 0.15) is 32.6 Å². The van der Waals surface area contributed by atoms with Crippen molar-refractivity contribution in [2.45, 2.75) is 38.6 Å². The average Bonchev–Trinajstić information content (AvgIpc) is 2.98. The van der Waals surface area contributed by atoms with Gasteiger partial charge in [-0.2, -0.15) is 0 Å². The van der Waals surface area contributed by atoms with E-state index in [9.17, 15) is 4.79 Å². The molecule has 0 aliphatic heterocycles. The molecule has 0 aromatic heterocycles. The van der Waals surface area contributed by atoms with E-state index in [1.165, 1.54) is 18.5 Å². The van der Waals surface area contributed by atoms with Gasteiger partial charge in [0.25, 0.3) is 0 Å². The number of nitrogens with one attached hydrogen (secondary N) is 1. The van der Waals surface area contributed by atoms with Gasteiger partial charge in [0.15, 0.2) is 0 Å². The van der Waals surface area contributed by atoms with Gasteiger partial charge in [-0.15, -0.1) is 0 Å². The van der Waals surface area contributed by atoms with Crippen LogP contribution in [-0.2, 0) is 4.79 Å². The summed E-state index contributed by atoms with van der Waals surface area (Å²) in [5, 5.41) is 3.09. The molecule has 0 spiro atoms. The maximum Gasteiger partial charge on any atom is 0.223 e. The number of hydrogen-bond donors (Lipinski definition) is 1. The third-order valence-corrected chi connectivity index (χ3v) is 4.12. The summed E-state index contributed by atoms with van der Waals surface area (Å²) >= 11 is 0. The minimum atomic E-state index is 0.241. The lowest BCUT2D eigenvalue weighted by Crippen LogP contribution is -2.41. The number of rotatable bonds is 5. The second kappa shape index (κ2) is 6.60. The summed E-state index contributed by atoms with van der Waals surface area (Å²) in [5.41, 5.74) is 1.19. The van der Waals surface area contributed by atoms with E-state index in [0.29, 0.717) is 12.6 Å². The molecule has 1 aromatic carbocycles. The number of amides is 1. The summed E-state index contributed by atoms with van der Waals surface area (Å²) in [6.45, 7) is 2.85. The molecular weight excluding hydrogens is 236 g/mol. The van der Waals surface area contributed by atoms with E-state index in [1.54, 1.807) is 0 Å². The third kappa shape index (κ3) is 3.72. The molecule has 104 valence electrons. The molecular formula is C16H24N2O. The van der Waals surface area contributed by atoms with Crippen LogP contribution in [0.4, 0.5) is 5.69 Å². The molecule has 1 amide bonds. The standard InChI is InChI=1S/C16H24N2O/c1-13(18(2)15-10-4-3-5-11-15)12-17-16(19)14-8-6-7-9-14/h3-5,10-11,13-14H,6-9,12H2,1-2H3,(H,17,19)/t13-/m1/s1. The van der Waals surface area contributed by atoms with Gasteiger partial charge >= 0.3 is 0 Å². The molecule has 2 rings (SSSR count). The summed E-state index contributed by atoms with van der Waals surface area (Å²) in [5.74, 6) is 0.500. The van der Waals surface area contributed by atoms with Gasteiger partial charge in [0.05, 0.1) is 0 Å². The molecule has 1 aliphatic rings. The molecule has 1 aromatic rings. The van der Waals surface area contributed by atoms with E-state index in [2.05, 4.69) is 36.3 Å². The lowest BCUT2D eigenvalue weighted by Gasteiger charge is -2.27. The number of hydrogen-bond acceptors (Lipinski definition) is 2. The van der Waals surface area contributed by atoms with Gasteiger partial charge in [-0.3, -0.25) is 4.79 Å². The lowest BCUT2D eigenvalue weighted by molar-refractivity contribution is -0.124. The topological polar surface area (TPSA) is 32.3 Å². The fourth-order valence-corrected chi connectivity index (χ4v) is 2.64. The Labute approximate surface area is 116 Å². The van der Waals surface area contributed by atoms with Crippen LogP contribution >= 0.6 is 0 Å². The van der Waals surface area contributed by atoms with Crippen molar-refractivity contribution in [3.8, 4) is 0 Å². The summed E-state index contributed by atoms with van der Waals surface area (Å²) in [6, 6.07) is 10.6. The lowest BCUT2D eigenvalue weighted by atomic mass is 10.1. The second-order valence-electron chi connectivity index (χ2n) is 5.52. The molecule has 1 atom stereocenters. The van der Waals surface area contributed by atoms with Crippen LogP contribution in [0.15, 0.2) is 30.3 Å². The molecule has 3 nitrogen and oxygen atoms in total. The molecule has 1 saturated carbocycles. The van der Waals surface area contributed by atoms with E-state index >= 15 is 0 Å². The molecule has 0 unspecified atom stereocenters. The van der Waals surface area contributed by atoms with Crippen molar-refractivity contribution >= 4 is 11.6 Å². The monoisotopic (exact) mass is 260 g/mol. The van der Waals surface area contributed by atoms with Gasteiger partial charge in [-0.05, 0) is 31.9 Å². The molecule has 0 bridgehead atoms. The van der Waals surface area contributed by atoms with Crippen molar-refractivity contribution in [1.29, 1.82) is 0 Å². The van der Waals surface area contributed by atoms with Crippen molar-refractivity contribution < 1.29 is 4.79 Å². The number of carbonyl (C=O) groups excluding carboxylic acids is 1. The molecule has 1 N–H and O–H groups in total. The van der Waals surface area contributed by atoms with E-state index < -0.39 is 0 Å². The Morgan fingerprint density at radius 1 is 1.32 bits per heavy atom. The van der Waals surface area contributed by atoms with Gasteiger partial charge in [-0.25, -0.2) is 0 Å². The van der Waals surface area contributed by atoms with Crippen molar-refractivity contribution in [3.63, 3.8) is 0 Å². The van der Waals surface area contributed by atoms with Crippen LogP contribution in [0.25, 0.3) is 0 Å². The Hall–Kier alpha value is -1.51. The highest BCUT2D eigenvalue weighted by Gasteiger charge is 2.23. The van der Waals surface area contributed by atoms with Crippen LogP contribution in [-0.4, -0.2) is 25.5 Å². The van der Waals surface area contributed by atoms with E-state index in [4.69, 9.17) is 0 Å². The first kappa shape index (κ1) is 13.9. The number of carbonyl (C=O) groups is 1. The number of benzene rings is 1. The first-order chi connectivity index (χ1) is 9.18. The third-order valence-electron chi connectivity index (χ3n) is 4.12. The Balaban J connectivity index is 1.80. The second-order valence-corrected chi connectivity index (χ2v) is 5.52. The smallest absolute Gasteiger partial charge is 0.223 e. The highest BCUT2D eigenvalue weighted by atomic mass is 16.1. The highest BCUT2D eigenvalue weighted by molar-refractivity contribution is 5.78. The van der Waals surface area contributed by atoms with Crippen molar-refractivity contribution in [2.75, 3.05) is 18.5 Å². The van der Waals surface area contributed by atoms with Crippen LogP contribution in [0.3, 0.4) is 0 Å². The number of nitrogens with zero attached hydrogens (tertiary/aromatic N) is 1. The first-order valence-electron chi connectivity index (χ1n) is 7.24. The SMILES string of the molecule is C[C@H](CNC(=O)C1CCCC1)N(C)c1ccccc1. The van der Waals surface area contributed by atoms with E-state index in [1.807, 2.05) is 18.2 Å². The predicted molar refractivity (Wildman–Crippen MR) is 79.3 cm³/mol. The Morgan fingerprint density at radius 2 is 1.95 bits per heavy atom. The quantitative estimate of drug-likeness (QED) is 0.883. The fourth-order valence-electron chi connectivity index (χ4n) is 2.64. The predicted octanol–water partition coefficient (Wildman–Crippen LogP) is 2.82. The minimum absolute atomic E-state index is 0.241. The van der Waals surface area contributed by atoms with Gasteiger partial charge in [0, 0.05) is 31.2 Å². The largest absolute Gasteiger partial charge is 0.370 e. The van der Waals surface area contributed by atoms with Crippen LogP contribution in [0.2, 0.25) is 0 Å². The molecule has 0 saturated heterocycles. The zero-order valence-corrected chi connectivity index (χ0v) is 11.9. The molecule has 0 heterocycles. The maximum atomic E-state index is 12.0. The molecule has 1 aliphatic carbocycles. The molecule has 1 fully saturated rings. The minimum Gasteiger partial charge on any atom is -0.370 e. The van der Waals surface area contributed by atoms with Crippen LogP contribution in [0, 0.1) is 5.92 Å². The van der Waals surface area contributed by atoms with E-state index in [0.717, 1.165) is 12.8 Å². The normalized spacial score (nSPS) is 17.2. The van der Waals surface area contributed by atoms with Crippen molar-refractivity contribution in [3.05, 3.63) is 30.3 Å². The maximum absolute atomic E-state index is 12.0. The summed E-state index contributed by atoms with van der Waals surface area (Å²) in [7, 11) is 2.07. The van der Waals surface area contributed by atoms with Crippen molar-refractivity contribution in [1.82, 2.24) is 5.32 Å². The molecule has 0 radical (unpaired) electrons. The molecule has 3 heteroatoms. The van der Waals surface area contributed by atoms with Gasteiger partial charge in [0.2, 0.25) is 5.91 Å². The summed E-state index contributed by atoms with van der Waals surface area (Å²) in [4.78, 5) is 14.2. The number of likely N-dealkylation sites (N-methyl/N-ethyl adjacent to an activating group) is 1. The van der Waals surface area contributed by atoms with Crippen molar-refractivity contribution in [2.24, 2.45) is 5.92 Å². The first-order valence-corrected chi connectivity index (χ1v) is 7.24. The van der Waals surface area contributed by atoms with Crippen LogP contribution < -0.4 is 10.2 Å². The summed E-state index contributed by atoms with van der Waals surface area (Å²) < 4.78 is 0. The zero-order valence-electron chi connectivity index (χ0n) is 11.9. The number of para-hydroxylation sites is 1. The average molecular weight is 260 g/mol. The Kier molecular flexibility index (Phi) is 4.83. The Morgan fingerprint density at radius 3 is 2.58 bits per heavy atom.